The Hall–Kier alpha value is -3.97. The summed E-state index contributed by atoms with van der Waals surface area (Å²) in [6, 6.07) is 18.9. The zero-order chi connectivity index (χ0) is 30.9. The van der Waals surface area contributed by atoms with Crippen molar-refractivity contribution in [2.24, 2.45) is 0 Å². The van der Waals surface area contributed by atoms with Crippen LogP contribution in [0, 0.1) is 10.1 Å². The monoisotopic (exact) mass is 660 g/mol. The summed E-state index contributed by atoms with van der Waals surface area (Å²) in [7, 11) is -2.85. The molecule has 3 rings (SSSR count). The minimum Gasteiger partial charge on any atom is -0.495 e. The van der Waals surface area contributed by atoms with Crippen LogP contribution in [0.25, 0.3) is 0 Å². The Balaban J connectivity index is 2.11. The molecule has 0 aliphatic rings. The number of carbonyl (C=O) groups excluding carboxylic acids is 2. The summed E-state index contributed by atoms with van der Waals surface area (Å²) in [5, 5.41) is 14.3. The highest BCUT2D eigenvalue weighted by Gasteiger charge is 2.34. The molecule has 0 heterocycles. The van der Waals surface area contributed by atoms with Gasteiger partial charge in [-0.2, -0.15) is 0 Å². The number of benzene rings is 3. The first-order chi connectivity index (χ1) is 19.9. The van der Waals surface area contributed by atoms with Crippen molar-refractivity contribution >= 4 is 49.1 Å². The Labute approximate surface area is 253 Å². The van der Waals surface area contributed by atoms with Gasteiger partial charge in [0, 0.05) is 36.1 Å². The standard InChI is InChI=1S/C29H33BrN4O7S/c1-4-16-31-29(36)26(17-21-8-6-5-7-9-21)32(19-22-10-12-23(30)13-11-22)28(35)20-33(42(3,39)40)25-18-24(34(37)38)14-15-27(25)41-2/h5-15,18,26H,4,16-17,19-20H2,1-3H3,(H,31,36). The van der Waals surface area contributed by atoms with Crippen LogP contribution in [0.15, 0.2) is 77.3 Å². The maximum absolute atomic E-state index is 14.1. The summed E-state index contributed by atoms with van der Waals surface area (Å²) in [5.41, 5.74) is 0.982. The van der Waals surface area contributed by atoms with Gasteiger partial charge < -0.3 is 15.0 Å². The quantitative estimate of drug-likeness (QED) is 0.201. The van der Waals surface area contributed by atoms with E-state index in [4.69, 9.17) is 4.74 Å². The molecule has 11 nitrogen and oxygen atoms in total. The van der Waals surface area contributed by atoms with E-state index >= 15 is 0 Å². The van der Waals surface area contributed by atoms with Crippen LogP contribution < -0.4 is 14.4 Å². The average Bonchev–Trinajstić information content (AvgIpc) is 2.96. The van der Waals surface area contributed by atoms with Crippen molar-refractivity contribution in [3.8, 4) is 5.75 Å². The maximum atomic E-state index is 14.1. The molecule has 0 aliphatic heterocycles. The number of amides is 2. The SMILES string of the molecule is CCCNC(=O)C(Cc1ccccc1)N(Cc1ccc(Br)cc1)C(=O)CN(c1cc([N+](=O)[O-])ccc1OC)S(C)(=O)=O. The van der Waals surface area contributed by atoms with Crippen molar-refractivity contribution in [2.75, 3.05) is 30.8 Å². The summed E-state index contributed by atoms with van der Waals surface area (Å²) in [4.78, 5) is 39.8. The van der Waals surface area contributed by atoms with Crippen molar-refractivity contribution in [1.29, 1.82) is 0 Å². The number of ether oxygens (including phenoxy) is 1. The molecule has 0 bridgehead atoms. The zero-order valence-corrected chi connectivity index (χ0v) is 25.9. The molecule has 0 aliphatic carbocycles. The number of hydrogen-bond donors (Lipinski definition) is 1. The highest BCUT2D eigenvalue weighted by molar-refractivity contribution is 9.10. The number of hydrogen-bond acceptors (Lipinski definition) is 7. The molecule has 1 unspecified atom stereocenters. The van der Waals surface area contributed by atoms with E-state index in [1.807, 2.05) is 37.3 Å². The molecule has 0 spiro atoms. The van der Waals surface area contributed by atoms with Gasteiger partial charge in [-0.25, -0.2) is 8.42 Å². The number of rotatable bonds is 14. The number of carbonyl (C=O) groups is 2. The Kier molecular flexibility index (Phi) is 11.5. The summed E-state index contributed by atoms with van der Waals surface area (Å²) in [6.07, 6.45) is 1.75. The number of sulfonamides is 1. The van der Waals surface area contributed by atoms with Gasteiger partial charge in [-0.05, 0) is 35.7 Å². The fourth-order valence-electron chi connectivity index (χ4n) is 4.29. The van der Waals surface area contributed by atoms with E-state index in [0.29, 0.717) is 18.5 Å². The number of methoxy groups -OCH3 is 1. The van der Waals surface area contributed by atoms with E-state index in [9.17, 15) is 28.1 Å². The number of nitrogens with one attached hydrogen (secondary N) is 1. The summed E-state index contributed by atoms with van der Waals surface area (Å²) < 4.78 is 32.9. The molecular weight excluding hydrogens is 628 g/mol. The molecule has 3 aromatic rings. The van der Waals surface area contributed by atoms with Crippen molar-refractivity contribution in [1.82, 2.24) is 10.2 Å². The molecule has 2 amide bonds. The number of halogens is 1. The lowest BCUT2D eigenvalue weighted by Crippen LogP contribution is -2.53. The first-order valence-corrected chi connectivity index (χ1v) is 15.7. The van der Waals surface area contributed by atoms with Gasteiger partial charge in [-0.1, -0.05) is 65.3 Å². The zero-order valence-electron chi connectivity index (χ0n) is 23.5. The van der Waals surface area contributed by atoms with Crippen molar-refractivity contribution < 1.29 is 27.7 Å². The predicted octanol–water partition coefficient (Wildman–Crippen LogP) is 4.30. The highest BCUT2D eigenvalue weighted by atomic mass is 79.9. The Morgan fingerprint density at radius 1 is 1.05 bits per heavy atom. The molecular formula is C29H33BrN4O7S. The number of nitrogens with zero attached hydrogens (tertiary/aromatic N) is 3. The van der Waals surface area contributed by atoms with Crippen LogP contribution in [0.1, 0.15) is 24.5 Å². The molecule has 0 saturated heterocycles. The molecule has 13 heteroatoms. The van der Waals surface area contributed by atoms with Gasteiger partial charge in [0.15, 0.2) is 0 Å². The molecule has 1 atom stereocenters. The normalized spacial score (nSPS) is 11.8. The van der Waals surface area contributed by atoms with Gasteiger partial charge in [-0.3, -0.25) is 24.0 Å². The van der Waals surface area contributed by atoms with E-state index in [1.165, 1.54) is 24.1 Å². The van der Waals surface area contributed by atoms with Crippen LogP contribution in [0.4, 0.5) is 11.4 Å². The van der Waals surface area contributed by atoms with Gasteiger partial charge in [0.05, 0.1) is 18.3 Å². The van der Waals surface area contributed by atoms with Gasteiger partial charge in [-0.15, -0.1) is 0 Å². The van der Waals surface area contributed by atoms with Crippen LogP contribution in [-0.2, 0) is 32.6 Å². The molecule has 0 saturated carbocycles. The maximum Gasteiger partial charge on any atom is 0.271 e. The molecule has 0 radical (unpaired) electrons. The summed E-state index contributed by atoms with van der Waals surface area (Å²) in [6.45, 7) is 1.59. The van der Waals surface area contributed by atoms with Crippen LogP contribution in [-0.4, -0.2) is 62.6 Å². The second-order valence-electron chi connectivity index (χ2n) is 9.53. The third-order valence-electron chi connectivity index (χ3n) is 6.41. The van der Waals surface area contributed by atoms with Crippen molar-refractivity contribution in [3.63, 3.8) is 0 Å². The molecule has 0 aromatic heterocycles. The topological polar surface area (TPSA) is 139 Å². The second kappa shape index (κ2) is 14.8. The first kappa shape index (κ1) is 32.5. The second-order valence-corrected chi connectivity index (χ2v) is 12.4. The van der Waals surface area contributed by atoms with Gasteiger partial charge in [0.2, 0.25) is 21.8 Å². The lowest BCUT2D eigenvalue weighted by atomic mass is 10.0. The largest absolute Gasteiger partial charge is 0.495 e. The van der Waals surface area contributed by atoms with Crippen LogP contribution >= 0.6 is 15.9 Å². The Morgan fingerprint density at radius 3 is 2.29 bits per heavy atom. The van der Waals surface area contributed by atoms with E-state index in [1.54, 1.807) is 24.3 Å². The van der Waals surface area contributed by atoms with Gasteiger partial charge in [0.1, 0.15) is 24.0 Å². The third-order valence-corrected chi connectivity index (χ3v) is 8.06. The van der Waals surface area contributed by atoms with E-state index in [2.05, 4.69) is 21.2 Å². The molecule has 1 N–H and O–H groups in total. The smallest absolute Gasteiger partial charge is 0.271 e. The van der Waals surface area contributed by atoms with Gasteiger partial charge >= 0.3 is 0 Å². The van der Waals surface area contributed by atoms with E-state index in [-0.39, 0.29) is 36.0 Å². The Morgan fingerprint density at radius 2 is 1.71 bits per heavy atom. The number of non-ortho nitro benzene ring substituents is 1. The molecule has 0 fully saturated rings. The fraction of sp³-hybridized carbons (Fsp3) is 0.310. The van der Waals surface area contributed by atoms with Gasteiger partial charge in [0.25, 0.3) is 5.69 Å². The fourth-order valence-corrected chi connectivity index (χ4v) is 5.40. The Bertz CT molecular complexity index is 1500. The number of nitro groups is 1. The van der Waals surface area contributed by atoms with Crippen LogP contribution in [0.2, 0.25) is 0 Å². The summed E-state index contributed by atoms with van der Waals surface area (Å²) >= 11 is 3.40. The number of anilines is 1. The summed E-state index contributed by atoms with van der Waals surface area (Å²) in [5.74, 6) is -1.03. The average molecular weight is 662 g/mol. The molecule has 3 aromatic carbocycles. The molecule has 42 heavy (non-hydrogen) atoms. The lowest BCUT2D eigenvalue weighted by Gasteiger charge is -2.33. The van der Waals surface area contributed by atoms with Crippen LogP contribution in [0.5, 0.6) is 5.75 Å². The van der Waals surface area contributed by atoms with E-state index in [0.717, 1.165) is 26.7 Å². The first-order valence-electron chi connectivity index (χ1n) is 13.1. The molecule has 224 valence electrons. The van der Waals surface area contributed by atoms with E-state index < -0.39 is 33.4 Å². The predicted molar refractivity (Wildman–Crippen MR) is 164 cm³/mol. The lowest BCUT2D eigenvalue weighted by molar-refractivity contribution is -0.384. The van der Waals surface area contributed by atoms with Crippen molar-refractivity contribution in [3.05, 3.63) is 98.5 Å². The number of nitro benzene ring substituents is 1. The minimum atomic E-state index is -4.14. The minimum absolute atomic E-state index is 0.00678. The highest BCUT2D eigenvalue weighted by Crippen LogP contribution is 2.34. The van der Waals surface area contributed by atoms with Crippen LogP contribution in [0.3, 0.4) is 0 Å². The van der Waals surface area contributed by atoms with Crippen molar-refractivity contribution in [2.45, 2.75) is 32.4 Å². The third kappa shape index (κ3) is 8.76.